The van der Waals surface area contributed by atoms with E-state index in [-0.39, 0.29) is 10.9 Å². The van der Waals surface area contributed by atoms with Gasteiger partial charge in [-0.05, 0) is 30.3 Å². The van der Waals surface area contributed by atoms with Crippen LogP contribution in [0.5, 0.6) is 0 Å². The first-order valence-electron chi connectivity index (χ1n) is 8.80. The maximum Gasteiger partial charge on any atom is 0.255 e. The van der Waals surface area contributed by atoms with Crippen LogP contribution in [0, 0.1) is 5.82 Å². The monoisotopic (exact) mass is 391 g/mol. The van der Waals surface area contributed by atoms with Gasteiger partial charge in [-0.1, -0.05) is 11.6 Å². The molecule has 4 rings (SSSR count). The molecule has 2 fully saturated rings. The summed E-state index contributed by atoms with van der Waals surface area (Å²) in [6.45, 7) is 2.76. The second-order valence-corrected chi connectivity index (χ2v) is 6.99. The van der Waals surface area contributed by atoms with Crippen LogP contribution in [0.1, 0.15) is 23.2 Å². The number of hydrogen-bond acceptors (Lipinski definition) is 5. The molecule has 1 aromatic heterocycles. The Morgan fingerprint density at radius 3 is 2.63 bits per heavy atom. The molecule has 27 heavy (non-hydrogen) atoms. The highest BCUT2D eigenvalue weighted by molar-refractivity contribution is 6.31. The van der Waals surface area contributed by atoms with E-state index in [4.69, 9.17) is 21.1 Å². The fourth-order valence-electron chi connectivity index (χ4n) is 3.37. The third kappa shape index (κ3) is 3.90. The number of amides is 1. The lowest BCUT2D eigenvalue weighted by molar-refractivity contribution is -0.169. The van der Waals surface area contributed by atoms with E-state index in [1.165, 1.54) is 18.2 Å². The van der Waals surface area contributed by atoms with Gasteiger partial charge in [0.05, 0.1) is 18.2 Å². The Bertz CT molecular complexity index is 848. The number of aromatic nitrogens is 1. The highest BCUT2D eigenvalue weighted by atomic mass is 35.5. The molecule has 6 nitrogen and oxygen atoms in total. The van der Waals surface area contributed by atoms with Crippen molar-refractivity contribution < 1.29 is 18.7 Å². The number of carbonyl (C=O) groups excluding carboxylic acids is 1. The number of nitrogens with zero attached hydrogens (tertiary/aromatic N) is 2. The van der Waals surface area contributed by atoms with Gasteiger partial charge in [-0.15, -0.1) is 0 Å². The van der Waals surface area contributed by atoms with Crippen molar-refractivity contribution in [2.24, 2.45) is 0 Å². The summed E-state index contributed by atoms with van der Waals surface area (Å²) < 4.78 is 24.7. The maximum atomic E-state index is 13.3. The molecule has 1 spiro atoms. The zero-order valence-corrected chi connectivity index (χ0v) is 15.3. The topological polar surface area (TPSA) is 63.7 Å². The molecule has 0 unspecified atom stereocenters. The number of anilines is 2. The molecular weight excluding hydrogens is 373 g/mol. The summed E-state index contributed by atoms with van der Waals surface area (Å²) in [5.41, 5.74) is 0.898. The number of ether oxygens (including phenoxy) is 2. The van der Waals surface area contributed by atoms with Crippen LogP contribution in [0.4, 0.5) is 15.9 Å². The highest BCUT2D eigenvalue weighted by Gasteiger charge is 2.40. The summed E-state index contributed by atoms with van der Waals surface area (Å²) >= 11 is 5.76. The van der Waals surface area contributed by atoms with Gasteiger partial charge in [0.1, 0.15) is 11.6 Å². The summed E-state index contributed by atoms with van der Waals surface area (Å²) in [6.07, 6.45) is 3.13. The van der Waals surface area contributed by atoms with Crippen molar-refractivity contribution in [3.63, 3.8) is 0 Å². The molecule has 0 saturated carbocycles. The van der Waals surface area contributed by atoms with Crippen LogP contribution in [0.15, 0.2) is 36.5 Å². The van der Waals surface area contributed by atoms with E-state index in [2.05, 4.69) is 15.2 Å². The summed E-state index contributed by atoms with van der Waals surface area (Å²) in [5, 5.41) is 2.68. The Kier molecular flexibility index (Phi) is 4.99. The maximum absolute atomic E-state index is 13.3. The number of pyridine rings is 1. The van der Waals surface area contributed by atoms with Gasteiger partial charge < -0.3 is 19.7 Å². The van der Waals surface area contributed by atoms with Crippen LogP contribution in [0.3, 0.4) is 0 Å². The Hall–Kier alpha value is -2.22. The van der Waals surface area contributed by atoms with Crippen molar-refractivity contribution in [1.29, 1.82) is 0 Å². The zero-order valence-electron chi connectivity index (χ0n) is 14.6. The van der Waals surface area contributed by atoms with E-state index in [0.717, 1.165) is 31.7 Å². The van der Waals surface area contributed by atoms with Crippen molar-refractivity contribution in [2.45, 2.75) is 18.6 Å². The predicted octanol–water partition coefficient (Wildman–Crippen LogP) is 3.47. The lowest BCUT2D eigenvalue weighted by atomic mass is 10.0. The first kappa shape index (κ1) is 18.2. The lowest BCUT2D eigenvalue weighted by Gasteiger charge is -2.38. The smallest absolute Gasteiger partial charge is 0.255 e. The minimum absolute atomic E-state index is 0.0400. The van der Waals surface area contributed by atoms with Crippen molar-refractivity contribution in [3.8, 4) is 0 Å². The molecule has 2 saturated heterocycles. The predicted molar refractivity (Wildman–Crippen MR) is 99.7 cm³/mol. The summed E-state index contributed by atoms with van der Waals surface area (Å²) in [4.78, 5) is 19.0. The molecule has 1 amide bonds. The molecule has 142 valence electrons. The van der Waals surface area contributed by atoms with Crippen LogP contribution in [0.2, 0.25) is 5.02 Å². The Labute approximate surface area is 161 Å². The fraction of sp³-hybridized carbons (Fsp3) is 0.368. The van der Waals surface area contributed by atoms with Gasteiger partial charge in [-0.3, -0.25) is 4.79 Å². The third-order valence-electron chi connectivity index (χ3n) is 4.85. The number of nitrogens with one attached hydrogen (secondary N) is 1. The summed E-state index contributed by atoms with van der Waals surface area (Å²) in [7, 11) is 0. The molecule has 0 aliphatic carbocycles. The Morgan fingerprint density at radius 2 is 1.93 bits per heavy atom. The zero-order chi connectivity index (χ0) is 18.9. The molecule has 3 heterocycles. The average molecular weight is 392 g/mol. The summed E-state index contributed by atoms with van der Waals surface area (Å²) in [5.74, 6) is -0.559. The normalized spacial score (nSPS) is 18.7. The van der Waals surface area contributed by atoms with Crippen molar-refractivity contribution in [1.82, 2.24) is 4.98 Å². The average Bonchev–Trinajstić information content (AvgIpc) is 3.13. The van der Waals surface area contributed by atoms with Gasteiger partial charge >= 0.3 is 0 Å². The summed E-state index contributed by atoms with van der Waals surface area (Å²) in [6, 6.07) is 7.44. The fourth-order valence-corrected chi connectivity index (χ4v) is 3.55. The SMILES string of the molecule is O=C(Nc1ccc(F)c(Cl)c1)c1ccnc(N2CCC3(CC2)OCCO3)c1. The quantitative estimate of drug-likeness (QED) is 0.868. The van der Waals surface area contributed by atoms with E-state index in [9.17, 15) is 9.18 Å². The second kappa shape index (κ2) is 7.42. The Morgan fingerprint density at radius 1 is 1.19 bits per heavy atom. The number of hydrogen-bond donors (Lipinski definition) is 1. The van der Waals surface area contributed by atoms with Crippen LogP contribution >= 0.6 is 11.6 Å². The highest BCUT2D eigenvalue weighted by Crippen LogP contribution is 2.32. The van der Waals surface area contributed by atoms with Crippen LogP contribution in [-0.4, -0.2) is 43.0 Å². The number of halogens is 2. The van der Waals surface area contributed by atoms with Crippen molar-refractivity contribution in [2.75, 3.05) is 36.5 Å². The van der Waals surface area contributed by atoms with Gasteiger partial charge in [0, 0.05) is 43.4 Å². The van der Waals surface area contributed by atoms with E-state index in [0.29, 0.717) is 24.5 Å². The van der Waals surface area contributed by atoms with Gasteiger partial charge in [0.25, 0.3) is 5.91 Å². The molecule has 0 radical (unpaired) electrons. The molecule has 8 heteroatoms. The van der Waals surface area contributed by atoms with E-state index in [1.807, 2.05) is 0 Å². The van der Waals surface area contributed by atoms with E-state index < -0.39 is 11.6 Å². The second-order valence-electron chi connectivity index (χ2n) is 6.58. The molecule has 1 N–H and O–H groups in total. The van der Waals surface area contributed by atoms with Crippen LogP contribution in [-0.2, 0) is 9.47 Å². The molecule has 2 aliphatic rings. The van der Waals surface area contributed by atoms with Crippen LogP contribution < -0.4 is 10.2 Å². The molecule has 0 atom stereocenters. The third-order valence-corrected chi connectivity index (χ3v) is 5.14. The number of piperidine rings is 1. The first-order chi connectivity index (χ1) is 13.0. The number of rotatable bonds is 3. The van der Waals surface area contributed by atoms with Gasteiger partial charge in [-0.25, -0.2) is 9.37 Å². The first-order valence-corrected chi connectivity index (χ1v) is 9.18. The standard InChI is InChI=1S/C19H19ClFN3O3/c20-15-12-14(1-2-16(15)21)23-18(25)13-3-6-22-17(11-13)24-7-4-19(5-8-24)26-9-10-27-19/h1-3,6,11-12H,4-5,7-10H2,(H,23,25). The van der Waals surface area contributed by atoms with Gasteiger partial charge in [0.2, 0.25) is 0 Å². The molecule has 2 aromatic rings. The molecule has 1 aromatic carbocycles. The molecule has 0 bridgehead atoms. The van der Waals surface area contributed by atoms with Gasteiger partial charge in [0.15, 0.2) is 5.79 Å². The van der Waals surface area contributed by atoms with Crippen molar-refractivity contribution in [3.05, 3.63) is 52.9 Å². The largest absolute Gasteiger partial charge is 0.356 e. The van der Waals surface area contributed by atoms with E-state index >= 15 is 0 Å². The Balaban J connectivity index is 1.44. The molecule has 2 aliphatic heterocycles. The van der Waals surface area contributed by atoms with Crippen LogP contribution in [0.25, 0.3) is 0 Å². The van der Waals surface area contributed by atoms with Gasteiger partial charge in [-0.2, -0.15) is 0 Å². The number of carbonyl (C=O) groups is 1. The minimum Gasteiger partial charge on any atom is -0.356 e. The molecular formula is C19H19ClFN3O3. The minimum atomic E-state index is -0.529. The van der Waals surface area contributed by atoms with Crippen molar-refractivity contribution >= 4 is 29.0 Å². The number of benzene rings is 1. The lowest BCUT2D eigenvalue weighted by Crippen LogP contribution is -2.45. The van der Waals surface area contributed by atoms with E-state index in [1.54, 1.807) is 18.3 Å².